The first kappa shape index (κ1) is 26.1. The number of carbonyl (C=O) groups excluding carboxylic acids is 1. The van der Waals surface area contributed by atoms with Crippen molar-refractivity contribution in [2.24, 2.45) is 5.73 Å². The van der Waals surface area contributed by atoms with Crippen LogP contribution in [-0.4, -0.2) is 40.6 Å². The summed E-state index contributed by atoms with van der Waals surface area (Å²) in [5, 5.41) is 21.3. The lowest BCUT2D eigenvalue weighted by atomic mass is 10.0. The molecule has 5 N–H and O–H groups in total. The topological polar surface area (TPSA) is 122 Å². The first-order valence-corrected chi connectivity index (χ1v) is 8.54. The number of nitrogens with one attached hydrogen (secondary N) is 1. The van der Waals surface area contributed by atoms with Crippen molar-refractivity contribution in [3.63, 3.8) is 0 Å². The van der Waals surface area contributed by atoms with E-state index in [1.165, 1.54) is 0 Å². The lowest BCUT2D eigenvalue weighted by Crippen LogP contribution is -2.49. The number of nitrogens with two attached hydrogens (primary N) is 1. The number of amides is 1. The molecule has 0 fully saturated rings. The number of carboxylic acids is 1. The average molecular weight is 467 g/mol. The quantitative estimate of drug-likeness (QED) is 0.443. The standard InChI is InChI=1S/C19H18F4N2O5.ClH/c20-14-11(7-4-8-13(14)30-19(21,22)23)15(18(28)29)25-17(27)16(26)12(24)9-10-5-2-1-3-6-10;/h1-8,12,15-16,26H,9,24H2,(H,25,27)(H,28,29);1H/t12-,15+,16+;/m1./s1. The van der Waals surface area contributed by atoms with Crippen molar-refractivity contribution in [1.29, 1.82) is 0 Å². The zero-order valence-corrected chi connectivity index (χ0v) is 16.5. The molecule has 3 atom stereocenters. The fourth-order valence-electron chi connectivity index (χ4n) is 2.65. The van der Waals surface area contributed by atoms with Gasteiger partial charge in [0.2, 0.25) is 0 Å². The molecule has 0 spiro atoms. The Hall–Kier alpha value is -2.89. The van der Waals surface area contributed by atoms with Crippen LogP contribution >= 0.6 is 12.4 Å². The lowest BCUT2D eigenvalue weighted by Gasteiger charge is -2.22. The van der Waals surface area contributed by atoms with Crippen LogP contribution in [0.4, 0.5) is 17.6 Å². The summed E-state index contributed by atoms with van der Waals surface area (Å²) >= 11 is 0. The highest BCUT2D eigenvalue weighted by Gasteiger charge is 2.35. The maximum atomic E-state index is 14.4. The minimum Gasteiger partial charge on any atom is -0.479 e. The minimum atomic E-state index is -5.21. The second kappa shape index (κ2) is 10.9. The van der Waals surface area contributed by atoms with E-state index in [9.17, 15) is 37.4 Å². The molecule has 0 aromatic heterocycles. The number of carboxylic acid groups (broad SMARTS) is 1. The number of hydrogen-bond acceptors (Lipinski definition) is 5. The monoisotopic (exact) mass is 466 g/mol. The summed E-state index contributed by atoms with van der Waals surface area (Å²) in [4.78, 5) is 23.8. The summed E-state index contributed by atoms with van der Waals surface area (Å²) in [6.07, 6.45) is -6.98. The molecule has 2 aromatic rings. The van der Waals surface area contributed by atoms with Crippen LogP contribution in [-0.2, 0) is 16.0 Å². The predicted molar refractivity (Wildman–Crippen MR) is 103 cm³/mol. The van der Waals surface area contributed by atoms with Gasteiger partial charge in [0.1, 0.15) is 6.10 Å². The van der Waals surface area contributed by atoms with Gasteiger partial charge in [-0.15, -0.1) is 25.6 Å². The molecule has 0 saturated carbocycles. The second-order valence-electron chi connectivity index (χ2n) is 6.29. The SMILES string of the molecule is Cl.N[C@H](Cc1ccccc1)[C@H](O)C(=O)N[C@H](C(=O)O)c1cccc(OC(F)(F)F)c1F. The van der Waals surface area contributed by atoms with E-state index in [2.05, 4.69) is 4.74 Å². The van der Waals surface area contributed by atoms with E-state index in [1.807, 2.05) is 5.32 Å². The lowest BCUT2D eigenvalue weighted by molar-refractivity contribution is -0.275. The van der Waals surface area contributed by atoms with Crippen LogP contribution in [0.5, 0.6) is 5.75 Å². The van der Waals surface area contributed by atoms with Crippen LogP contribution in [0.3, 0.4) is 0 Å². The van der Waals surface area contributed by atoms with Gasteiger partial charge in [0.15, 0.2) is 17.6 Å². The van der Waals surface area contributed by atoms with Gasteiger partial charge in [-0.3, -0.25) is 4.79 Å². The van der Waals surface area contributed by atoms with E-state index in [0.717, 1.165) is 12.1 Å². The molecule has 0 unspecified atom stereocenters. The van der Waals surface area contributed by atoms with Gasteiger partial charge < -0.3 is 26.0 Å². The minimum absolute atomic E-state index is 0. The molecule has 7 nitrogen and oxygen atoms in total. The van der Waals surface area contributed by atoms with Gasteiger partial charge in [-0.05, 0) is 18.1 Å². The van der Waals surface area contributed by atoms with Crippen molar-refractivity contribution >= 4 is 24.3 Å². The molecule has 0 aliphatic heterocycles. The molecule has 12 heteroatoms. The van der Waals surface area contributed by atoms with Crippen molar-refractivity contribution in [2.75, 3.05) is 0 Å². The summed E-state index contributed by atoms with van der Waals surface area (Å²) in [6.45, 7) is 0. The Labute approximate surface area is 180 Å². The van der Waals surface area contributed by atoms with Crippen LogP contribution in [0.1, 0.15) is 17.2 Å². The molecule has 1 amide bonds. The van der Waals surface area contributed by atoms with Crippen molar-refractivity contribution in [2.45, 2.75) is 31.0 Å². The molecule has 170 valence electrons. The highest BCUT2D eigenvalue weighted by atomic mass is 35.5. The van der Waals surface area contributed by atoms with Gasteiger partial charge in [0, 0.05) is 11.6 Å². The number of aliphatic hydroxyl groups excluding tert-OH is 1. The fourth-order valence-corrected chi connectivity index (χ4v) is 2.65. The second-order valence-corrected chi connectivity index (χ2v) is 6.29. The molecule has 0 bridgehead atoms. The smallest absolute Gasteiger partial charge is 0.479 e. The van der Waals surface area contributed by atoms with Crippen LogP contribution in [0, 0.1) is 5.82 Å². The summed E-state index contributed by atoms with van der Waals surface area (Å²) < 4.78 is 55.0. The van der Waals surface area contributed by atoms with E-state index >= 15 is 0 Å². The summed E-state index contributed by atoms with van der Waals surface area (Å²) in [6, 6.07) is 7.82. The Morgan fingerprint density at radius 1 is 1.10 bits per heavy atom. The van der Waals surface area contributed by atoms with E-state index in [0.29, 0.717) is 11.6 Å². The number of aliphatic hydroxyl groups is 1. The third-order valence-corrected chi connectivity index (χ3v) is 4.05. The zero-order valence-electron chi connectivity index (χ0n) is 15.7. The van der Waals surface area contributed by atoms with E-state index in [-0.39, 0.29) is 18.8 Å². The number of carbonyl (C=O) groups is 2. The van der Waals surface area contributed by atoms with Gasteiger partial charge in [-0.1, -0.05) is 42.5 Å². The van der Waals surface area contributed by atoms with Gasteiger partial charge >= 0.3 is 12.3 Å². The van der Waals surface area contributed by atoms with Crippen LogP contribution in [0.2, 0.25) is 0 Å². The average Bonchev–Trinajstić information content (AvgIpc) is 2.66. The van der Waals surface area contributed by atoms with Crippen molar-refractivity contribution in [1.82, 2.24) is 5.32 Å². The van der Waals surface area contributed by atoms with Crippen molar-refractivity contribution < 1.29 is 42.1 Å². The van der Waals surface area contributed by atoms with Crippen LogP contribution in [0.25, 0.3) is 0 Å². The highest BCUT2D eigenvalue weighted by molar-refractivity contribution is 5.87. The summed E-state index contributed by atoms with van der Waals surface area (Å²) in [7, 11) is 0. The number of hydrogen-bond donors (Lipinski definition) is 4. The third kappa shape index (κ3) is 7.39. The molecule has 0 radical (unpaired) electrons. The number of ether oxygens (including phenoxy) is 1. The molecular formula is C19H19ClF4N2O5. The molecule has 0 aliphatic carbocycles. The first-order chi connectivity index (χ1) is 14.0. The van der Waals surface area contributed by atoms with E-state index in [1.54, 1.807) is 30.3 Å². The van der Waals surface area contributed by atoms with Gasteiger partial charge in [-0.2, -0.15) is 0 Å². The Morgan fingerprint density at radius 2 is 1.71 bits per heavy atom. The molecule has 31 heavy (non-hydrogen) atoms. The normalized spacial score (nSPS) is 14.0. The molecule has 2 aromatic carbocycles. The largest absolute Gasteiger partial charge is 0.573 e. The molecule has 0 aliphatic rings. The van der Waals surface area contributed by atoms with Gasteiger partial charge in [-0.25, -0.2) is 9.18 Å². The van der Waals surface area contributed by atoms with Crippen LogP contribution in [0.15, 0.2) is 48.5 Å². The Bertz CT molecular complexity index is 899. The summed E-state index contributed by atoms with van der Waals surface area (Å²) in [5.41, 5.74) is 5.70. The number of rotatable bonds is 8. The molecular weight excluding hydrogens is 448 g/mol. The third-order valence-electron chi connectivity index (χ3n) is 4.05. The maximum absolute atomic E-state index is 14.4. The fraction of sp³-hybridized carbons (Fsp3) is 0.263. The number of benzene rings is 2. The Kier molecular flexibility index (Phi) is 9.22. The number of alkyl halides is 3. The molecule has 2 rings (SSSR count). The maximum Gasteiger partial charge on any atom is 0.573 e. The number of halogens is 5. The van der Waals surface area contributed by atoms with Gasteiger partial charge in [0.25, 0.3) is 5.91 Å². The highest BCUT2D eigenvalue weighted by Crippen LogP contribution is 2.30. The van der Waals surface area contributed by atoms with E-state index < -0.39 is 53.6 Å². The first-order valence-electron chi connectivity index (χ1n) is 8.54. The number of aliphatic carboxylic acids is 1. The zero-order chi connectivity index (χ0) is 22.5. The Balaban J connectivity index is 0.00000480. The van der Waals surface area contributed by atoms with Crippen molar-refractivity contribution in [3.8, 4) is 5.75 Å². The summed E-state index contributed by atoms with van der Waals surface area (Å²) in [5.74, 6) is -5.88. The Morgan fingerprint density at radius 3 is 2.26 bits per heavy atom. The van der Waals surface area contributed by atoms with Crippen LogP contribution < -0.4 is 15.8 Å². The molecule has 0 saturated heterocycles. The predicted octanol–water partition coefficient (Wildman–Crippen LogP) is 2.32. The molecule has 0 heterocycles. The van der Waals surface area contributed by atoms with E-state index in [4.69, 9.17) is 5.73 Å². The van der Waals surface area contributed by atoms with Gasteiger partial charge in [0.05, 0.1) is 0 Å². The van der Waals surface area contributed by atoms with Crippen molar-refractivity contribution in [3.05, 3.63) is 65.5 Å².